The molecule has 0 atom stereocenters. The van der Waals surface area contributed by atoms with Gasteiger partial charge in [-0.2, -0.15) is 0 Å². The number of anilines is 4. The van der Waals surface area contributed by atoms with Gasteiger partial charge in [0.1, 0.15) is 12.4 Å². The van der Waals surface area contributed by atoms with Crippen LogP contribution in [0.25, 0.3) is 22.0 Å². The second kappa shape index (κ2) is 18.9. The second-order valence-corrected chi connectivity index (χ2v) is 16.0. The van der Waals surface area contributed by atoms with Crippen LogP contribution in [0.2, 0.25) is 0 Å². The van der Waals surface area contributed by atoms with Gasteiger partial charge in [-0.25, -0.2) is 18.4 Å². The van der Waals surface area contributed by atoms with Crippen LogP contribution in [-0.2, 0) is 29.6 Å². The van der Waals surface area contributed by atoms with Crippen LogP contribution in [0.15, 0.2) is 72.9 Å². The van der Waals surface area contributed by atoms with E-state index in [1.54, 1.807) is 37.6 Å². The van der Waals surface area contributed by atoms with Crippen LogP contribution in [0.5, 0.6) is 11.5 Å². The molecule has 0 aliphatic heterocycles. The van der Waals surface area contributed by atoms with E-state index in [1.807, 2.05) is 70.2 Å². The largest absolute Gasteiger partial charge is 0.492 e. The average Bonchev–Trinajstić information content (AvgIpc) is 3.16. The fourth-order valence-corrected chi connectivity index (χ4v) is 6.38. The number of aryl methyl sites for hydroxylation is 1. The Hall–Kier alpha value is -5.72. The van der Waals surface area contributed by atoms with E-state index in [0.29, 0.717) is 79.4 Å². The van der Waals surface area contributed by atoms with Gasteiger partial charge in [0.2, 0.25) is 16.0 Å². The molecule has 5 rings (SSSR count). The van der Waals surface area contributed by atoms with Gasteiger partial charge in [0, 0.05) is 41.6 Å². The quantitative estimate of drug-likeness (QED) is 0.0603. The Bertz CT molecular complexity index is 2370. The van der Waals surface area contributed by atoms with E-state index in [4.69, 9.17) is 35.1 Å². The molecule has 0 aliphatic rings. The highest BCUT2D eigenvalue weighted by Crippen LogP contribution is 2.39. The van der Waals surface area contributed by atoms with Gasteiger partial charge < -0.3 is 34.3 Å². The van der Waals surface area contributed by atoms with Gasteiger partial charge in [-0.1, -0.05) is 38.8 Å². The number of ether oxygens (including phenoxy) is 5. The first-order chi connectivity index (χ1) is 27.2. The third-order valence-electron chi connectivity index (χ3n) is 8.72. The number of fused-ring (bicyclic) bond motifs is 1. The smallest absolute Gasteiger partial charge is 0.255 e. The number of terminal acetylenes is 1. The molecule has 1 aromatic heterocycles. The lowest BCUT2D eigenvalue weighted by Crippen LogP contribution is -2.18. The van der Waals surface area contributed by atoms with Gasteiger partial charge in [0.15, 0.2) is 5.75 Å². The van der Waals surface area contributed by atoms with Crippen LogP contribution in [-0.4, -0.2) is 84.4 Å². The fourth-order valence-electron chi connectivity index (χ4n) is 5.83. The van der Waals surface area contributed by atoms with Crippen molar-refractivity contribution in [3.8, 4) is 35.0 Å². The van der Waals surface area contributed by atoms with Crippen LogP contribution in [0.4, 0.5) is 23.0 Å². The summed E-state index contributed by atoms with van der Waals surface area (Å²) < 4.78 is 54.3. The fraction of sp³-hybridized carbons (Fsp3) is 0.326. The van der Waals surface area contributed by atoms with Gasteiger partial charge in [0.05, 0.1) is 63.3 Å². The summed E-state index contributed by atoms with van der Waals surface area (Å²) in [6, 6.07) is 20.2. The summed E-state index contributed by atoms with van der Waals surface area (Å²) in [5, 5.41) is 6.98. The number of hydrogen-bond acceptors (Lipinski definition) is 11. The van der Waals surface area contributed by atoms with Gasteiger partial charge >= 0.3 is 0 Å². The van der Waals surface area contributed by atoms with E-state index in [1.165, 1.54) is 7.11 Å². The summed E-state index contributed by atoms with van der Waals surface area (Å²) in [5.74, 6) is 3.43. The Morgan fingerprint density at radius 3 is 2.28 bits per heavy atom. The zero-order chi connectivity index (χ0) is 41.2. The van der Waals surface area contributed by atoms with Crippen molar-refractivity contribution in [3.05, 3.63) is 95.2 Å². The van der Waals surface area contributed by atoms with Crippen molar-refractivity contribution >= 4 is 49.8 Å². The zero-order valence-electron chi connectivity index (χ0n) is 33.3. The Kier molecular flexibility index (Phi) is 14.1. The minimum absolute atomic E-state index is 0.201. The minimum Gasteiger partial charge on any atom is -0.492 e. The van der Waals surface area contributed by atoms with Crippen LogP contribution in [0, 0.1) is 19.3 Å². The monoisotopic (exact) mass is 795 g/mol. The number of amides is 1. The summed E-state index contributed by atoms with van der Waals surface area (Å²) in [6.07, 6.45) is 8.52. The molecule has 14 heteroatoms. The molecular weight excluding hydrogens is 747 g/mol. The van der Waals surface area contributed by atoms with Gasteiger partial charge in [-0.15, -0.1) is 6.42 Å². The first-order valence-corrected chi connectivity index (χ1v) is 20.1. The van der Waals surface area contributed by atoms with Crippen molar-refractivity contribution in [2.45, 2.75) is 33.1 Å². The van der Waals surface area contributed by atoms with E-state index in [2.05, 4.69) is 26.3 Å². The third kappa shape index (κ3) is 11.9. The highest BCUT2D eigenvalue weighted by atomic mass is 32.2. The molecule has 0 saturated carbocycles. The van der Waals surface area contributed by atoms with Crippen molar-refractivity contribution in [2.75, 3.05) is 75.5 Å². The van der Waals surface area contributed by atoms with Crippen LogP contribution >= 0.6 is 0 Å². The van der Waals surface area contributed by atoms with Crippen molar-refractivity contribution in [2.24, 2.45) is 0 Å². The molecule has 13 nitrogen and oxygen atoms in total. The molecule has 1 heterocycles. The Balaban J connectivity index is 1.31. The molecule has 0 spiro atoms. The van der Waals surface area contributed by atoms with Crippen LogP contribution < -0.4 is 24.8 Å². The number of benzene rings is 4. The molecule has 3 N–H and O–H groups in total. The van der Waals surface area contributed by atoms with Gasteiger partial charge in [-0.05, 0) is 83.1 Å². The summed E-state index contributed by atoms with van der Waals surface area (Å²) in [4.78, 5) is 23.0. The predicted molar refractivity (Wildman–Crippen MR) is 224 cm³/mol. The number of nitrogens with zero attached hydrogens (tertiary/aromatic N) is 2. The molecule has 5 aromatic rings. The maximum absolute atomic E-state index is 13.8. The highest BCUT2D eigenvalue weighted by Gasteiger charge is 2.23. The zero-order valence-corrected chi connectivity index (χ0v) is 34.1. The Labute approximate surface area is 334 Å². The number of methoxy groups -OCH3 is 2. The number of carbonyl (C=O) groups is 1. The molecule has 0 aliphatic carbocycles. The highest BCUT2D eigenvalue weighted by molar-refractivity contribution is 7.92. The second-order valence-electron chi connectivity index (χ2n) is 14.3. The standard InChI is InChI=1S/C43H49N5O8S/c1-9-29-20-34(26-35(21-29)56-19-18-55-17-16-54-15-14-52-6)45-42-44-27-32-22-30(12-13-37(32)47-42)36-23-31(11-10-28(36)2)41(49)46-38-24-33(43(3,4)5)25-39(40(38)53-7)48-57(8,50)51/h1,10-13,20-27,48H,14-19H2,2-8H3,(H,46,49)(H,44,45,47). The number of aromatic nitrogens is 2. The Morgan fingerprint density at radius 1 is 0.877 bits per heavy atom. The lowest BCUT2D eigenvalue weighted by Gasteiger charge is -2.24. The minimum atomic E-state index is -3.63. The first kappa shape index (κ1) is 42.4. The summed E-state index contributed by atoms with van der Waals surface area (Å²) in [5.41, 5.74) is 6.12. The molecule has 0 unspecified atom stereocenters. The number of carbonyl (C=O) groups excluding carboxylic acids is 1. The molecule has 57 heavy (non-hydrogen) atoms. The van der Waals surface area contributed by atoms with Crippen LogP contribution in [0.3, 0.4) is 0 Å². The number of rotatable bonds is 18. The topological polar surface area (TPSA) is 159 Å². The van der Waals surface area contributed by atoms with Crippen molar-refractivity contribution in [1.82, 2.24) is 9.97 Å². The summed E-state index contributed by atoms with van der Waals surface area (Å²) in [7, 11) is -0.578. The molecule has 300 valence electrons. The van der Waals surface area contributed by atoms with E-state index in [0.717, 1.165) is 33.9 Å². The van der Waals surface area contributed by atoms with Crippen LogP contribution in [0.1, 0.15) is 47.8 Å². The molecule has 1 amide bonds. The maximum Gasteiger partial charge on any atom is 0.255 e. The van der Waals surface area contributed by atoms with E-state index in [-0.39, 0.29) is 22.8 Å². The third-order valence-corrected chi connectivity index (χ3v) is 9.31. The number of sulfonamides is 1. The van der Waals surface area contributed by atoms with E-state index >= 15 is 0 Å². The van der Waals surface area contributed by atoms with E-state index in [9.17, 15) is 13.2 Å². The average molecular weight is 796 g/mol. The number of hydrogen-bond donors (Lipinski definition) is 3. The molecule has 4 aromatic carbocycles. The molecular formula is C43H49N5O8S. The molecule has 0 radical (unpaired) electrons. The lowest BCUT2D eigenvalue weighted by molar-refractivity contribution is 0.0180. The molecule has 0 fully saturated rings. The Morgan fingerprint density at radius 2 is 1.60 bits per heavy atom. The van der Waals surface area contributed by atoms with Crippen molar-refractivity contribution < 1.29 is 36.9 Å². The lowest BCUT2D eigenvalue weighted by atomic mass is 9.86. The number of nitrogens with one attached hydrogen (secondary N) is 3. The molecule has 0 saturated heterocycles. The SMILES string of the molecule is C#Cc1cc(Nc2ncc3cc(-c4cc(C(=O)Nc5cc(C(C)(C)C)cc(NS(C)(=O)=O)c5OC)ccc4C)ccc3n2)cc(OCCOCCOCCOC)c1. The van der Waals surface area contributed by atoms with Gasteiger partial charge in [0.25, 0.3) is 5.91 Å². The predicted octanol–water partition coefficient (Wildman–Crippen LogP) is 7.32. The van der Waals surface area contributed by atoms with Crippen molar-refractivity contribution in [1.29, 1.82) is 0 Å². The first-order valence-electron chi connectivity index (χ1n) is 18.2. The van der Waals surface area contributed by atoms with Crippen molar-refractivity contribution in [3.63, 3.8) is 0 Å². The van der Waals surface area contributed by atoms with Gasteiger partial charge in [-0.3, -0.25) is 9.52 Å². The van der Waals surface area contributed by atoms with E-state index < -0.39 is 10.0 Å². The molecule has 0 bridgehead atoms. The maximum atomic E-state index is 13.8. The summed E-state index contributed by atoms with van der Waals surface area (Å²) >= 11 is 0. The summed E-state index contributed by atoms with van der Waals surface area (Å²) in [6.45, 7) is 10.7. The normalized spacial score (nSPS) is 11.5.